The molecule has 0 bridgehead atoms. The molecule has 0 aliphatic heterocycles. The fourth-order valence-corrected chi connectivity index (χ4v) is 6.38. The Labute approximate surface area is 299 Å². The first-order chi connectivity index (χ1) is 24.1. The van der Waals surface area contributed by atoms with E-state index < -0.39 is 37.1 Å². The van der Waals surface area contributed by atoms with Gasteiger partial charge in [-0.3, -0.25) is 4.98 Å². The van der Waals surface area contributed by atoms with Gasteiger partial charge in [0.15, 0.2) is 0 Å². The number of aliphatic hydroxyl groups excluding tert-OH is 5. The number of ether oxygens (including phenoxy) is 1. The number of benzene rings is 2. The van der Waals surface area contributed by atoms with E-state index in [9.17, 15) is 25.2 Å². The summed E-state index contributed by atoms with van der Waals surface area (Å²) in [6.45, 7) is 2.21. The Morgan fingerprint density at radius 3 is 2.48 bits per heavy atom. The number of nitrogens with zero attached hydrogens (tertiary/aromatic N) is 1. The standard InChI is InChI=1S/C38H51ClN4O7/c1-24(7-3-2-6-17-41-37(49)42-22-32(45)35(47)36(48)33(46)23-44)25-10-13-31(39)26(19-25)20-43-38(15-16-38)30-21-40-18-14-28(30)29-8-4-5-9-34(29)50-27-11-12-27/h4-5,8-10,13-14,18-19,21,24,27,32-33,35-36,43-48H,2-3,6-7,11-12,15-17,20,22-23H2,1H3,(H2,41,42,49)/t24?,32-,33+,35+,36+/m0/s1. The lowest BCUT2D eigenvalue weighted by Crippen LogP contribution is -2.50. The highest BCUT2D eigenvalue weighted by molar-refractivity contribution is 6.31. The summed E-state index contributed by atoms with van der Waals surface area (Å²) in [5.41, 5.74) is 5.57. The zero-order valence-electron chi connectivity index (χ0n) is 28.6. The molecule has 1 aromatic heterocycles. The summed E-state index contributed by atoms with van der Waals surface area (Å²) in [6.07, 6.45) is 5.52. The van der Waals surface area contributed by atoms with Gasteiger partial charge in [0.1, 0.15) is 24.1 Å². The van der Waals surface area contributed by atoms with Gasteiger partial charge in [0.05, 0.1) is 18.8 Å². The lowest BCUT2D eigenvalue weighted by molar-refractivity contribution is -0.113. The molecule has 0 radical (unpaired) electrons. The van der Waals surface area contributed by atoms with Gasteiger partial charge in [0.25, 0.3) is 0 Å². The number of unbranched alkanes of at least 4 members (excludes halogenated alkanes) is 2. The minimum Gasteiger partial charge on any atom is -0.490 e. The van der Waals surface area contributed by atoms with Gasteiger partial charge in [-0.1, -0.05) is 61.7 Å². The molecule has 2 amide bonds. The number of hydrogen-bond donors (Lipinski definition) is 8. The first-order valence-corrected chi connectivity index (χ1v) is 18.1. The molecule has 2 fully saturated rings. The van der Waals surface area contributed by atoms with Crippen molar-refractivity contribution in [1.29, 1.82) is 0 Å². The third-order valence-electron chi connectivity index (χ3n) is 9.73. The summed E-state index contributed by atoms with van der Waals surface area (Å²) in [4.78, 5) is 16.6. The fraction of sp³-hybridized carbons (Fsp3) is 0.526. The number of aromatic nitrogens is 1. The number of rotatable bonds is 20. The van der Waals surface area contributed by atoms with Crippen molar-refractivity contribution in [1.82, 2.24) is 20.9 Å². The molecule has 8 N–H and O–H groups in total. The molecule has 5 atom stereocenters. The van der Waals surface area contributed by atoms with E-state index in [1.165, 1.54) is 11.1 Å². The van der Waals surface area contributed by atoms with Crippen molar-refractivity contribution in [3.05, 3.63) is 82.6 Å². The molecule has 12 heteroatoms. The molecule has 5 rings (SSSR count). The maximum Gasteiger partial charge on any atom is 0.314 e. The summed E-state index contributed by atoms with van der Waals surface area (Å²) in [6, 6.07) is 16.1. The average molecular weight is 711 g/mol. The molecule has 3 aromatic rings. The molecule has 2 aliphatic carbocycles. The lowest BCUT2D eigenvalue weighted by Gasteiger charge is -2.25. The number of urea groups is 1. The number of para-hydroxylation sites is 1. The molecule has 0 saturated heterocycles. The Hall–Kier alpha value is -3.29. The quantitative estimate of drug-likeness (QED) is 0.0802. The predicted octanol–water partition coefficient (Wildman–Crippen LogP) is 4.12. The van der Waals surface area contributed by atoms with Crippen LogP contribution in [0.5, 0.6) is 5.75 Å². The van der Waals surface area contributed by atoms with E-state index in [1.807, 2.05) is 24.5 Å². The second kappa shape index (κ2) is 17.8. The van der Waals surface area contributed by atoms with Crippen molar-refractivity contribution >= 4 is 17.6 Å². The predicted molar refractivity (Wildman–Crippen MR) is 192 cm³/mol. The van der Waals surface area contributed by atoms with Crippen molar-refractivity contribution in [2.45, 2.75) is 107 Å². The first kappa shape index (κ1) is 38.0. The third-order valence-corrected chi connectivity index (χ3v) is 10.1. The number of pyridine rings is 1. The van der Waals surface area contributed by atoms with Crippen molar-refractivity contribution < 1.29 is 35.1 Å². The minimum atomic E-state index is -1.74. The number of amides is 2. The van der Waals surface area contributed by atoms with Gasteiger partial charge in [0, 0.05) is 48.2 Å². The number of halogens is 1. The average Bonchev–Trinajstić information content (AvgIpc) is 4.08. The van der Waals surface area contributed by atoms with E-state index in [1.54, 1.807) is 0 Å². The number of nitrogens with one attached hydrogen (secondary N) is 3. The van der Waals surface area contributed by atoms with Gasteiger partial charge in [-0.15, -0.1) is 0 Å². The highest BCUT2D eigenvalue weighted by Crippen LogP contribution is 2.50. The maximum atomic E-state index is 12.1. The van der Waals surface area contributed by atoms with Crippen LogP contribution in [-0.2, 0) is 12.1 Å². The van der Waals surface area contributed by atoms with Crippen LogP contribution in [0.3, 0.4) is 0 Å². The SMILES string of the molecule is CC(CCCCCNC(=O)NC[C@H](O)[C@@H](O)[C@H](O)[C@H](O)CO)c1ccc(Cl)c(CNC2(c3cnccc3-c3ccccc3OC3CC3)CC2)c1. The zero-order chi connectivity index (χ0) is 35.7. The highest BCUT2D eigenvalue weighted by Gasteiger charge is 2.46. The Kier molecular flexibility index (Phi) is 13.5. The normalized spacial score (nSPS) is 18.1. The second-order valence-corrected chi connectivity index (χ2v) is 14.1. The van der Waals surface area contributed by atoms with Crippen molar-refractivity contribution in [2.75, 3.05) is 19.7 Å². The molecule has 0 spiro atoms. The fourth-order valence-electron chi connectivity index (χ4n) is 6.20. The van der Waals surface area contributed by atoms with Crippen LogP contribution < -0.4 is 20.7 Å². The molecule has 2 aliphatic rings. The van der Waals surface area contributed by atoms with Crippen LogP contribution in [0.2, 0.25) is 5.02 Å². The summed E-state index contributed by atoms with van der Waals surface area (Å²) in [7, 11) is 0. The zero-order valence-corrected chi connectivity index (χ0v) is 29.4. The summed E-state index contributed by atoms with van der Waals surface area (Å²) in [5.74, 6) is 1.26. The van der Waals surface area contributed by atoms with Gasteiger partial charge >= 0.3 is 6.03 Å². The van der Waals surface area contributed by atoms with Crippen LogP contribution in [0.4, 0.5) is 4.79 Å². The van der Waals surface area contributed by atoms with Crippen LogP contribution in [0.15, 0.2) is 60.9 Å². The van der Waals surface area contributed by atoms with E-state index in [0.29, 0.717) is 25.1 Å². The molecular formula is C38H51ClN4O7. The Balaban J connectivity index is 1.06. The van der Waals surface area contributed by atoms with Gasteiger partial charge in [-0.2, -0.15) is 0 Å². The lowest BCUT2D eigenvalue weighted by atomic mass is 9.93. The first-order valence-electron chi connectivity index (χ1n) is 17.7. The van der Waals surface area contributed by atoms with E-state index in [4.69, 9.17) is 21.4 Å². The van der Waals surface area contributed by atoms with E-state index in [0.717, 1.165) is 78.8 Å². The third kappa shape index (κ3) is 10.2. The second-order valence-electron chi connectivity index (χ2n) is 13.7. The van der Waals surface area contributed by atoms with E-state index >= 15 is 0 Å². The number of hydrogen-bond acceptors (Lipinski definition) is 9. The van der Waals surface area contributed by atoms with Gasteiger partial charge in [-0.25, -0.2) is 4.79 Å². The Morgan fingerprint density at radius 1 is 0.980 bits per heavy atom. The summed E-state index contributed by atoms with van der Waals surface area (Å²) < 4.78 is 6.26. The molecule has 2 saturated carbocycles. The van der Waals surface area contributed by atoms with Crippen LogP contribution in [-0.4, -0.2) is 86.8 Å². The van der Waals surface area contributed by atoms with Gasteiger partial charge < -0.3 is 46.2 Å². The number of carbonyl (C=O) groups excluding carboxylic acids is 1. The Morgan fingerprint density at radius 2 is 1.74 bits per heavy atom. The summed E-state index contributed by atoms with van der Waals surface area (Å²) >= 11 is 6.71. The molecule has 272 valence electrons. The minimum absolute atomic E-state index is 0.167. The molecule has 50 heavy (non-hydrogen) atoms. The molecular weight excluding hydrogens is 660 g/mol. The molecule has 1 heterocycles. The van der Waals surface area contributed by atoms with Gasteiger partial charge in [-0.05, 0) is 84.9 Å². The van der Waals surface area contributed by atoms with Crippen LogP contribution in [0.1, 0.15) is 80.9 Å². The largest absolute Gasteiger partial charge is 0.490 e. The van der Waals surface area contributed by atoms with Crippen LogP contribution in [0.25, 0.3) is 11.1 Å². The molecule has 2 aromatic carbocycles. The number of carbonyl (C=O) groups is 1. The van der Waals surface area contributed by atoms with Crippen molar-refractivity contribution in [3.63, 3.8) is 0 Å². The molecule has 11 nitrogen and oxygen atoms in total. The van der Waals surface area contributed by atoms with Crippen LogP contribution in [0, 0.1) is 0 Å². The monoisotopic (exact) mass is 710 g/mol. The smallest absolute Gasteiger partial charge is 0.314 e. The maximum absolute atomic E-state index is 12.1. The molecule has 1 unspecified atom stereocenters. The topological polar surface area (TPSA) is 176 Å². The van der Waals surface area contributed by atoms with Crippen molar-refractivity contribution in [2.24, 2.45) is 0 Å². The number of aliphatic hydroxyl groups is 5. The van der Waals surface area contributed by atoms with E-state index in [-0.39, 0.29) is 12.1 Å². The summed E-state index contributed by atoms with van der Waals surface area (Å²) in [5, 5.41) is 57.5. The Bertz CT molecular complexity index is 1550. The van der Waals surface area contributed by atoms with Crippen molar-refractivity contribution in [3.8, 4) is 16.9 Å². The van der Waals surface area contributed by atoms with Gasteiger partial charge in [0.2, 0.25) is 0 Å². The highest BCUT2D eigenvalue weighted by atomic mass is 35.5. The van der Waals surface area contributed by atoms with E-state index in [2.05, 4.69) is 64.3 Å². The van der Waals surface area contributed by atoms with Crippen LogP contribution >= 0.6 is 11.6 Å².